The third kappa shape index (κ3) is 5.20. The van der Waals surface area contributed by atoms with Crippen LogP contribution >= 0.6 is 0 Å². The molecule has 1 N–H and O–H groups in total. The molecule has 0 spiro atoms. The maximum atomic E-state index is 11.9. The molecule has 1 rings (SSSR count). The van der Waals surface area contributed by atoms with Gasteiger partial charge in [0.25, 0.3) is 0 Å². The number of nitrogens with one attached hydrogen (secondary N) is 1. The predicted molar refractivity (Wildman–Crippen MR) is 78.3 cm³/mol. The average Bonchev–Trinajstić information content (AvgIpc) is 2.38. The number of sulfone groups is 1. The molecular formula is C14H23NO3S. The summed E-state index contributed by atoms with van der Waals surface area (Å²) in [5.74, 6) is 0.614. The van der Waals surface area contributed by atoms with Gasteiger partial charge in [-0.2, -0.15) is 0 Å². The third-order valence-corrected chi connectivity index (χ3v) is 4.40. The minimum absolute atomic E-state index is 0.107. The smallest absolute Gasteiger partial charge is 0.180 e. The summed E-state index contributed by atoms with van der Waals surface area (Å²) in [5.41, 5.74) is 0.650. The van der Waals surface area contributed by atoms with Crippen LogP contribution in [0.1, 0.15) is 20.8 Å². The van der Waals surface area contributed by atoms with Crippen LogP contribution in [0.4, 0.5) is 5.69 Å². The lowest BCUT2D eigenvalue weighted by Crippen LogP contribution is -2.14. The number of ether oxygens (including phenoxy) is 1. The van der Waals surface area contributed by atoms with Gasteiger partial charge in [-0.3, -0.25) is 0 Å². The number of hydrogen-bond donors (Lipinski definition) is 1. The molecule has 19 heavy (non-hydrogen) atoms. The van der Waals surface area contributed by atoms with E-state index in [0.29, 0.717) is 29.7 Å². The van der Waals surface area contributed by atoms with Crippen molar-refractivity contribution >= 4 is 15.5 Å². The van der Waals surface area contributed by atoms with Gasteiger partial charge >= 0.3 is 0 Å². The highest BCUT2D eigenvalue weighted by atomic mass is 32.2. The molecule has 0 aliphatic heterocycles. The van der Waals surface area contributed by atoms with Crippen LogP contribution in [0.25, 0.3) is 0 Å². The van der Waals surface area contributed by atoms with E-state index >= 15 is 0 Å². The molecule has 0 unspecified atom stereocenters. The first-order valence-electron chi connectivity index (χ1n) is 6.60. The molecule has 0 saturated heterocycles. The molecule has 0 radical (unpaired) electrons. The zero-order valence-corrected chi connectivity index (χ0v) is 12.7. The molecule has 0 aromatic heterocycles. The minimum atomic E-state index is -3.19. The Labute approximate surface area is 116 Å². The molecule has 0 saturated carbocycles. The fourth-order valence-corrected chi connectivity index (χ4v) is 2.69. The van der Waals surface area contributed by atoms with Crippen LogP contribution in [0.2, 0.25) is 0 Å². The molecule has 0 aliphatic rings. The van der Waals surface area contributed by atoms with Crippen molar-refractivity contribution < 1.29 is 13.2 Å². The minimum Gasteiger partial charge on any atom is -0.382 e. The summed E-state index contributed by atoms with van der Waals surface area (Å²) in [6.45, 7) is 7.73. The highest BCUT2D eigenvalue weighted by Crippen LogP contribution is 2.21. The predicted octanol–water partition coefficient (Wildman–Crippen LogP) is 2.56. The molecule has 5 heteroatoms. The fraction of sp³-hybridized carbons (Fsp3) is 0.571. The second-order valence-electron chi connectivity index (χ2n) is 4.80. The Kier molecular flexibility index (Phi) is 6.31. The molecule has 4 nitrogen and oxygen atoms in total. The zero-order valence-electron chi connectivity index (χ0n) is 11.8. The first kappa shape index (κ1) is 16.0. The number of para-hydroxylation sites is 1. The summed E-state index contributed by atoms with van der Waals surface area (Å²) in [4.78, 5) is 0.362. The van der Waals surface area contributed by atoms with Crippen LogP contribution in [0.15, 0.2) is 29.2 Å². The first-order chi connectivity index (χ1) is 8.97. The number of rotatable bonds is 8. The van der Waals surface area contributed by atoms with Crippen LogP contribution in [0.5, 0.6) is 0 Å². The van der Waals surface area contributed by atoms with E-state index in [-0.39, 0.29) is 5.75 Å². The topological polar surface area (TPSA) is 55.4 Å². The van der Waals surface area contributed by atoms with Crippen LogP contribution in [0, 0.1) is 5.92 Å². The Morgan fingerprint density at radius 3 is 2.58 bits per heavy atom. The van der Waals surface area contributed by atoms with Crippen molar-refractivity contribution in [3.8, 4) is 0 Å². The van der Waals surface area contributed by atoms with E-state index in [1.165, 1.54) is 0 Å². The maximum Gasteiger partial charge on any atom is 0.180 e. The standard InChI is InChI=1S/C14H23NO3S/c1-4-19(16,17)14-8-6-5-7-13(14)15-9-10-18-11-12(2)3/h5-8,12,15H,4,9-11H2,1-3H3. The summed E-state index contributed by atoms with van der Waals surface area (Å²) < 4.78 is 29.3. The first-order valence-corrected chi connectivity index (χ1v) is 8.26. The lowest BCUT2D eigenvalue weighted by atomic mass is 10.2. The highest BCUT2D eigenvalue weighted by Gasteiger charge is 2.15. The summed E-state index contributed by atoms with van der Waals surface area (Å²) in [6.07, 6.45) is 0. The monoisotopic (exact) mass is 285 g/mol. The molecule has 1 aromatic carbocycles. The SMILES string of the molecule is CCS(=O)(=O)c1ccccc1NCCOCC(C)C. The van der Waals surface area contributed by atoms with Crippen molar-refractivity contribution in [3.05, 3.63) is 24.3 Å². The largest absolute Gasteiger partial charge is 0.382 e. The zero-order chi connectivity index (χ0) is 14.3. The quantitative estimate of drug-likeness (QED) is 0.746. The Morgan fingerprint density at radius 2 is 1.95 bits per heavy atom. The van der Waals surface area contributed by atoms with Crippen molar-refractivity contribution in [1.82, 2.24) is 0 Å². The molecule has 0 atom stereocenters. The Morgan fingerprint density at radius 1 is 1.26 bits per heavy atom. The lowest BCUT2D eigenvalue weighted by Gasteiger charge is -2.12. The third-order valence-electron chi connectivity index (χ3n) is 2.62. The number of benzene rings is 1. The van der Waals surface area contributed by atoms with Gasteiger partial charge in [0.1, 0.15) is 0 Å². The second-order valence-corrected chi connectivity index (χ2v) is 7.04. The van der Waals surface area contributed by atoms with Crippen LogP contribution in [-0.2, 0) is 14.6 Å². The normalized spacial score (nSPS) is 11.8. The molecule has 0 aliphatic carbocycles. The van der Waals surface area contributed by atoms with Crippen molar-refractivity contribution in [3.63, 3.8) is 0 Å². The van der Waals surface area contributed by atoms with Gasteiger partial charge in [0.05, 0.1) is 22.9 Å². The number of hydrogen-bond acceptors (Lipinski definition) is 4. The van der Waals surface area contributed by atoms with Gasteiger partial charge in [-0.25, -0.2) is 8.42 Å². The molecule has 0 bridgehead atoms. The van der Waals surface area contributed by atoms with Gasteiger partial charge in [-0.05, 0) is 18.1 Å². The van der Waals surface area contributed by atoms with E-state index < -0.39 is 9.84 Å². The summed E-state index contributed by atoms with van der Waals surface area (Å²) in [7, 11) is -3.19. The van der Waals surface area contributed by atoms with Gasteiger partial charge in [-0.15, -0.1) is 0 Å². The number of anilines is 1. The van der Waals surface area contributed by atoms with Gasteiger partial charge in [0.2, 0.25) is 0 Å². The molecule has 0 heterocycles. The van der Waals surface area contributed by atoms with Crippen LogP contribution < -0.4 is 5.32 Å². The van der Waals surface area contributed by atoms with Crippen LogP contribution in [0.3, 0.4) is 0 Å². The van der Waals surface area contributed by atoms with Gasteiger partial charge in [-0.1, -0.05) is 32.9 Å². The van der Waals surface area contributed by atoms with Crippen molar-refractivity contribution in [1.29, 1.82) is 0 Å². The fourth-order valence-electron chi connectivity index (χ4n) is 1.62. The van der Waals surface area contributed by atoms with E-state index in [2.05, 4.69) is 19.2 Å². The van der Waals surface area contributed by atoms with Crippen molar-refractivity contribution in [2.45, 2.75) is 25.7 Å². The Balaban J connectivity index is 2.59. The van der Waals surface area contributed by atoms with Gasteiger partial charge in [0, 0.05) is 13.2 Å². The summed E-state index contributed by atoms with van der Waals surface area (Å²) in [6, 6.07) is 6.98. The van der Waals surface area contributed by atoms with Crippen LogP contribution in [-0.4, -0.2) is 33.9 Å². The lowest BCUT2D eigenvalue weighted by molar-refractivity contribution is 0.118. The second kappa shape index (κ2) is 7.50. The highest BCUT2D eigenvalue weighted by molar-refractivity contribution is 7.91. The van der Waals surface area contributed by atoms with Crippen molar-refractivity contribution in [2.24, 2.45) is 5.92 Å². The molecule has 108 valence electrons. The van der Waals surface area contributed by atoms with E-state index in [1.807, 2.05) is 6.07 Å². The molecule has 1 aromatic rings. The van der Waals surface area contributed by atoms with E-state index in [9.17, 15) is 8.42 Å². The molecular weight excluding hydrogens is 262 g/mol. The Hall–Kier alpha value is -1.07. The maximum absolute atomic E-state index is 11.9. The van der Waals surface area contributed by atoms with E-state index in [1.54, 1.807) is 25.1 Å². The van der Waals surface area contributed by atoms with Crippen molar-refractivity contribution in [2.75, 3.05) is 30.8 Å². The van der Waals surface area contributed by atoms with E-state index in [4.69, 9.17) is 4.74 Å². The molecule has 0 amide bonds. The van der Waals surface area contributed by atoms with Gasteiger partial charge in [0.15, 0.2) is 9.84 Å². The Bertz CT molecular complexity index is 483. The summed E-state index contributed by atoms with van der Waals surface area (Å²) >= 11 is 0. The summed E-state index contributed by atoms with van der Waals surface area (Å²) in [5, 5.41) is 3.12. The molecule has 0 fully saturated rings. The average molecular weight is 285 g/mol. The van der Waals surface area contributed by atoms with E-state index in [0.717, 1.165) is 6.61 Å². The van der Waals surface area contributed by atoms with Gasteiger partial charge < -0.3 is 10.1 Å².